The van der Waals surface area contributed by atoms with Crippen molar-refractivity contribution in [2.45, 2.75) is 6.04 Å². The van der Waals surface area contributed by atoms with Crippen LogP contribution in [0.4, 0.5) is 5.82 Å². The van der Waals surface area contributed by atoms with E-state index in [4.69, 9.17) is 34.8 Å². The molecule has 3 aromatic rings. The van der Waals surface area contributed by atoms with E-state index >= 15 is 0 Å². The van der Waals surface area contributed by atoms with Crippen LogP contribution in [-0.2, 0) is 10.0 Å². The summed E-state index contributed by atoms with van der Waals surface area (Å²) in [7, 11) is -3.62. The molecule has 0 saturated heterocycles. The fourth-order valence-corrected chi connectivity index (χ4v) is 4.83. The Kier molecular flexibility index (Phi) is 5.89. The molecular formula is C21H16Cl3N3O3S. The molecule has 0 aliphatic carbocycles. The maximum atomic E-state index is 11.9. The monoisotopic (exact) mass is 495 g/mol. The molecule has 10 heteroatoms. The quantitative estimate of drug-likeness (QED) is 0.474. The number of rotatable bonds is 4. The highest BCUT2D eigenvalue weighted by atomic mass is 35.5. The molecule has 1 aliphatic heterocycles. The van der Waals surface area contributed by atoms with E-state index in [-0.39, 0.29) is 5.82 Å². The molecule has 0 amide bonds. The average Bonchev–Trinajstić information content (AvgIpc) is 2.68. The van der Waals surface area contributed by atoms with Gasteiger partial charge in [-0.3, -0.25) is 15.0 Å². The molecule has 0 radical (unpaired) electrons. The van der Waals surface area contributed by atoms with E-state index in [0.717, 1.165) is 11.3 Å². The highest BCUT2D eigenvalue weighted by molar-refractivity contribution is 7.92. The van der Waals surface area contributed by atoms with Crippen molar-refractivity contribution in [2.24, 2.45) is 0 Å². The summed E-state index contributed by atoms with van der Waals surface area (Å²) in [6.07, 6.45) is 4.18. The van der Waals surface area contributed by atoms with Gasteiger partial charge in [-0.25, -0.2) is 13.4 Å². The largest absolute Gasteiger partial charge is 0.288 e. The minimum Gasteiger partial charge on any atom is -0.288 e. The van der Waals surface area contributed by atoms with Gasteiger partial charge in [0, 0.05) is 38.0 Å². The smallest absolute Gasteiger partial charge is 0.230 e. The van der Waals surface area contributed by atoms with Gasteiger partial charge in [-0.2, -0.15) is 0 Å². The number of sulfonamides is 1. The van der Waals surface area contributed by atoms with Crippen molar-refractivity contribution in [3.8, 4) is 11.1 Å². The topological polar surface area (TPSA) is 82.5 Å². The minimum atomic E-state index is -3.62. The lowest BCUT2D eigenvalue weighted by molar-refractivity contribution is -0.0695. The molecule has 31 heavy (non-hydrogen) atoms. The van der Waals surface area contributed by atoms with Crippen LogP contribution in [0.2, 0.25) is 15.1 Å². The van der Waals surface area contributed by atoms with Gasteiger partial charge in [-0.05, 0) is 35.9 Å². The third kappa shape index (κ3) is 4.37. The molecule has 0 saturated carbocycles. The summed E-state index contributed by atoms with van der Waals surface area (Å²) in [5.41, 5.74) is 2.77. The van der Waals surface area contributed by atoms with E-state index in [1.807, 2.05) is 12.1 Å². The van der Waals surface area contributed by atoms with E-state index in [1.165, 1.54) is 6.20 Å². The molecule has 1 aliphatic rings. The summed E-state index contributed by atoms with van der Waals surface area (Å²) in [6, 6.07) is 12.9. The number of hydroxylamine groups is 2. The van der Waals surface area contributed by atoms with Gasteiger partial charge < -0.3 is 0 Å². The predicted octanol–water partition coefficient (Wildman–Crippen LogP) is 5.85. The summed E-state index contributed by atoms with van der Waals surface area (Å²) in [4.78, 5) is 4.50. The first-order valence-electron chi connectivity index (χ1n) is 9.02. The number of fused-ring (bicyclic) bond motifs is 1. The van der Waals surface area contributed by atoms with E-state index < -0.39 is 16.1 Å². The van der Waals surface area contributed by atoms with Crippen molar-refractivity contribution in [1.82, 2.24) is 10.0 Å². The lowest BCUT2D eigenvalue weighted by Crippen LogP contribution is -2.27. The third-order valence-corrected chi connectivity index (χ3v) is 6.30. The van der Waals surface area contributed by atoms with Crippen molar-refractivity contribution in [2.75, 3.05) is 11.0 Å². The summed E-state index contributed by atoms with van der Waals surface area (Å²) in [5, 5.41) is 12.8. The molecule has 1 unspecified atom stereocenters. The number of pyridine rings is 1. The zero-order valence-electron chi connectivity index (χ0n) is 16.1. The number of benzene rings is 2. The maximum Gasteiger partial charge on any atom is 0.230 e. The van der Waals surface area contributed by atoms with Crippen molar-refractivity contribution in [1.29, 1.82) is 0 Å². The molecule has 1 atom stereocenters. The van der Waals surface area contributed by atoms with E-state index in [0.29, 0.717) is 43.0 Å². The standard InChI is InChI=1S/C21H16Cl3N3O3S/c1-31(29,30)26-18-11-14(12-5-2-3-6-15(12)22)13-9-10-27(28)21(20(13)25-18)19-16(23)7-4-8-17(19)24/h2-11,21,28H,1H3,(H,25,26). The lowest BCUT2D eigenvalue weighted by atomic mass is 9.91. The Morgan fingerprint density at radius 1 is 1.00 bits per heavy atom. The number of anilines is 1. The first-order chi connectivity index (χ1) is 14.7. The Hall–Kier alpha value is -2.29. The van der Waals surface area contributed by atoms with Crippen LogP contribution in [0.1, 0.15) is 22.9 Å². The molecule has 2 N–H and O–H groups in total. The van der Waals surface area contributed by atoms with Gasteiger partial charge in [0.1, 0.15) is 11.9 Å². The van der Waals surface area contributed by atoms with Gasteiger partial charge in [0.15, 0.2) is 0 Å². The van der Waals surface area contributed by atoms with Crippen LogP contribution >= 0.6 is 34.8 Å². The third-order valence-electron chi connectivity index (χ3n) is 4.73. The highest BCUT2D eigenvalue weighted by Gasteiger charge is 2.32. The minimum absolute atomic E-state index is 0.0769. The second-order valence-electron chi connectivity index (χ2n) is 6.94. The Labute approximate surface area is 194 Å². The van der Waals surface area contributed by atoms with Crippen LogP contribution in [0.5, 0.6) is 0 Å². The molecule has 6 nitrogen and oxygen atoms in total. The summed E-state index contributed by atoms with van der Waals surface area (Å²) < 4.78 is 26.2. The van der Waals surface area contributed by atoms with Crippen molar-refractivity contribution < 1.29 is 13.6 Å². The Morgan fingerprint density at radius 2 is 1.65 bits per heavy atom. The predicted molar refractivity (Wildman–Crippen MR) is 124 cm³/mol. The van der Waals surface area contributed by atoms with Crippen LogP contribution in [0.15, 0.2) is 54.7 Å². The fourth-order valence-electron chi connectivity index (χ4n) is 3.51. The molecule has 0 spiro atoms. The van der Waals surface area contributed by atoms with Gasteiger partial charge in [0.25, 0.3) is 0 Å². The van der Waals surface area contributed by atoms with Gasteiger partial charge >= 0.3 is 0 Å². The Bertz CT molecular complexity index is 1290. The van der Waals surface area contributed by atoms with Gasteiger partial charge in [0.05, 0.1) is 11.9 Å². The first kappa shape index (κ1) is 21.9. The number of halogens is 3. The van der Waals surface area contributed by atoms with Gasteiger partial charge in [-0.1, -0.05) is 59.1 Å². The van der Waals surface area contributed by atoms with Crippen LogP contribution in [-0.4, -0.2) is 29.9 Å². The summed E-state index contributed by atoms with van der Waals surface area (Å²) >= 11 is 19.3. The summed E-state index contributed by atoms with van der Waals surface area (Å²) in [6.45, 7) is 0. The molecule has 4 rings (SSSR count). The van der Waals surface area contributed by atoms with E-state index in [9.17, 15) is 13.6 Å². The van der Waals surface area contributed by atoms with Crippen LogP contribution < -0.4 is 4.72 Å². The number of aromatic nitrogens is 1. The van der Waals surface area contributed by atoms with Crippen molar-refractivity contribution in [3.63, 3.8) is 0 Å². The number of nitrogens with one attached hydrogen (secondary N) is 1. The second-order valence-corrected chi connectivity index (χ2v) is 9.91. The number of hydrogen-bond donors (Lipinski definition) is 2. The Morgan fingerprint density at radius 3 is 2.29 bits per heavy atom. The number of nitrogens with zero attached hydrogens (tertiary/aromatic N) is 2. The van der Waals surface area contributed by atoms with Crippen LogP contribution in [0.3, 0.4) is 0 Å². The second kappa shape index (κ2) is 8.33. The molecule has 160 valence electrons. The Balaban J connectivity index is 2.04. The maximum absolute atomic E-state index is 11.9. The zero-order chi connectivity index (χ0) is 22.3. The van der Waals surface area contributed by atoms with E-state index in [2.05, 4.69) is 9.71 Å². The van der Waals surface area contributed by atoms with Crippen LogP contribution in [0.25, 0.3) is 17.2 Å². The van der Waals surface area contributed by atoms with Gasteiger partial charge in [0.2, 0.25) is 10.0 Å². The molecule has 0 bridgehead atoms. The normalized spacial score (nSPS) is 15.6. The highest BCUT2D eigenvalue weighted by Crippen LogP contribution is 2.44. The molecule has 2 aromatic carbocycles. The zero-order valence-corrected chi connectivity index (χ0v) is 19.1. The molecule has 0 fully saturated rings. The molecule has 1 aromatic heterocycles. The molecule has 2 heterocycles. The summed E-state index contributed by atoms with van der Waals surface area (Å²) in [5.74, 6) is 0.0769. The average molecular weight is 497 g/mol. The SMILES string of the molecule is CS(=O)(=O)Nc1cc(-c2ccccc2Cl)c2c(n1)C(c1c(Cl)cccc1Cl)N(O)C=C2. The van der Waals surface area contributed by atoms with Gasteiger partial charge in [-0.15, -0.1) is 0 Å². The molecular weight excluding hydrogens is 481 g/mol. The van der Waals surface area contributed by atoms with Crippen LogP contribution in [0, 0.1) is 0 Å². The first-order valence-corrected chi connectivity index (χ1v) is 12.0. The fraction of sp³-hybridized carbons (Fsp3) is 0.0952. The van der Waals surface area contributed by atoms with Crippen molar-refractivity contribution in [3.05, 3.63) is 86.6 Å². The van der Waals surface area contributed by atoms with Crippen molar-refractivity contribution >= 4 is 56.7 Å². The van der Waals surface area contributed by atoms with E-state index in [1.54, 1.807) is 42.5 Å². The lowest BCUT2D eigenvalue weighted by Gasteiger charge is -2.32. The number of hydrogen-bond acceptors (Lipinski definition) is 5.